The zero-order chi connectivity index (χ0) is 10.6. The van der Waals surface area contributed by atoms with E-state index in [1.54, 1.807) is 38.1 Å². The van der Waals surface area contributed by atoms with Crippen LogP contribution in [0.1, 0.15) is 25.3 Å². The van der Waals surface area contributed by atoms with Crippen LogP contribution in [0.3, 0.4) is 0 Å². The van der Waals surface area contributed by atoms with Crippen LogP contribution in [0.25, 0.3) is 0 Å². The van der Waals surface area contributed by atoms with Gasteiger partial charge in [0.1, 0.15) is 5.75 Å². The highest BCUT2D eigenvalue weighted by Gasteiger charge is 2.15. The molecule has 1 rings (SSSR count). The molecule has 0 bridgehead atoms. The fourth-order valence-corrected chi connectivity index (χ4v) is 1.17. The minimum absolute atomic E-state index is 0.199. The Balaban J connectivity index is 2.73. The molecule has 0 aliphatic carbocycles. The first-order valence-corrected chi connectivity index (χ1v) is 4.60. The molecule has 3 nitrogen and oxygen atoms in total. The standard InChI is InChI=1S/C11H14O3/c1-3-14-11(13)8(2)9-4-6-10(12)7-5-9/h4-8,12H,3H2,1-2H3/t8-/m0/s1. The Morgan fingerprint density at radius 3 is 2.50 bits per heavy atom. The maximum Gasteiger partial charge on any atom is 0.313 e. The van der Waals surface area contributed by atoms with E-state index in [0.29, 0.717) is 6.61 Å². The van der Waals surface area contributed by atoms with Gasteiger partial charge < -0.3 is 9.84 Å². The lowest BCUT2D eigenvalue weighted by Gasteiger charge is -2.10. The van der Waals surface area contributed by atoms with E-state index < -0.39 is 0 Å². The molecule has 76 valence electrons. The lowest BCUT2D eigenvalue weighted by Crippen LogP contribution is -2.12. The van der Waals surface area contributed by atoms with Crippen LogP contribution in [0.4, 0.5) is 0 Å². The zero-order valence-corrected chi connectivity index (χ0v) is 8.36. The third kappa shape index (κ3) is 2.49. The summed E-state index contributed by atoms with van der Waals surface area (Å²) in [5.74, 6) is -0.321. The monoisotopic (exact) mass is 194 g/mol. The molecule has 0 aliphatic rings. The van der Waals surface area contributed by atoms with Gasteiger partial charge in [0, 0.05) is 0 Å². The molecule has 0 aliphatic heterocycles. The highest BCUT2D eigenvalue weighted by molar-refractivity contribution is 5.77. The van der Waals surface area contributed by atoms with Gasteiger partial charge in [-0.3, -0.25) is 4.79 Å². The minimum Gasteiger partial charge on any atom is -0.508 e. The molecule has 0 unspecified atom stereocenters. The molecule has 3 heteroatoms. The van der Waals surface area contributed by atoms with Crippen molar-refractivity contribution in [1.29, 1.82) is 0 Å². The summed E-state index contributed by atoms with van der Waals surface area (Å²) >= 11 is 0. The summed E-state index contributed by atoms with van der Waals surface area (Å²) in [5.41, 5.74) is 0.848. The van der Waals surface area contributed by atoms with E-state index in [2.05, 4.69) is 0 Å². The summed E-state index contributed by atoms with van der Waals surface area (Å²) in [6.45, 7) is 3.95. The molecule has 0 radical (unpaired) electrons. The first-order chi connectivity index (χ1) is 6.65. The van der Waals surface area contributed by atoms with E-state index in [1.807, 2.05) is 0 Å². The van der Waals surface area contributed by atoms with Crippen molar-refractivity contribution in [2.75, 3.05) is 6.61 Å². The summed E-state index contributed by atoms with van der Waals surface area (Å²) in [6.07, 6.45) is 0. The van der Waals surface area contributed by atoms with Crippen molar-refractivity contribution >= 4 is 5.97 Å². The number of benzene rings is 1. The number of rotatable bonds is 3. The van der Waals surface area contributed by atoms with Crippen LogP contribution in [-0.4, -0.2) is 17.7 Å². The van der Waals surface area contributed by atoms with Gasteiger partial charge in [0.15, 0.2) is 0 Å². The van der Waals surface area contributed by atoms with Crippen molar-refractivity contribution in [3.63, 3.8) is 0 Å². The predicted molar refractivity (Wildman–Crippen MR) is 53.2 cm³/mol. The van der Waals surface area contributed by atoms with E-state index in [9.17, 15) is 4.79 Å². The first-order valence-electron chi connectivity index (χ1n) is 4.60. The normalized spacial score (nSPS) is 12.1. The smallest absolute Gasteiger partial charge is 0.313 e. The van der Waals surface area contributed by atoms with Crippen LogP contribution in [-0.2, 0) is 9.53 Å². The van der Waals surface area contributed by atoms with Gasteiger partial charge >= 0.3 is 5.97 Å². The minimum atomic E-state index is -0.282. The van der Waals surface area contributed by atoms with Crippen molar-refractivity contribution in [3.8, 4) is 5.75 Å². The average molecular weight is 194 g/mol. The molecule has 0 heterocycles. The van der Waals surface area contributed by atoms with E-state index in [1.165, 1.54) is 0 Å². The van der Waals surface area contributed by atoms with Gasteiger partial charge in [0.05, 0.1) is 12.5 Å². The van der Waals surface area contributed by atoms with E-state index in [0.717, 1.165) is 5.56 Å². The molecule has 1 aromatic rings. The molecule has 0 saturated heterocycles. The Bertz CT molecular complexity index is 303. The number of hydrogen-bond donors (Lipinski definition) is 1. The van der Waals surface area contributed by atoms with Crippen molar-refractivity contribution in [2.24, 2.45) is 0 Å². The largest absolute Gasteiger partial charge is 0.508 e. The molecule has 0 aromatic heterocycles. The molecule has 1 atom stereocenters. The number of carbonyl (C=O) groups is 1. The second-order valence-corrected chi connectivity index (χ2v) is 3.07. The highest BCUT2D eigenvalue weighted by atomic mass is 16.5. The van der Waals surface area contributed by atoms with Crippen LogP contribution in [0.15, 0.2) is 24.3 Å². The number of ether oxygens (including phenoxy) is 1. The predicted octanol–water partition coefficient (Wildman–Crippen LogP) is 2.06. The molecule has 1 N–H and O–H groups in total. The second kappa shape index (κ2) is 4.65. The topological polar surface area (TPSA) is 46.5 Å². The Labute approximate surface area is 83.3 Å². The van der Waals surface area contributed by atoms with Crippen LogP contribution in [0.5, 0.6) is 5.75 Å². The van der Waals surface area contributed by atoms with Gasteiger partial charge in [-0.1, -0.05) is 12.1 Å². The average Bonchev–Trinajstić information content (AvgIpc) is 2.18. The molecular weight excluding hydrogens is 180 g/mol. The molecule has 0 saturated carbocycles. The maximum absolute atomic E-state index is 11.3. The molecule has 14 heavy (non-hydrogen) atoms. The number of hydrogen-bond acceptors (Lipinski definition) is 3. The third-order valence-corrected chi connectivity index (χ3v) is 2.03. The first kappa shape index (κ1) is 10.6. The van der Waals surface area contributed by atoms with Gasteiger partial charge in [-0.2, -0.15) is 0 Å². The van der Waals surface area contributed by atoms with E-state index >= 15 is 0 Å². The van der Waals surface area contributed by atoms with Crippen molar-refractivity contribution < 1.29 is 14.6 Å². The number of esters is 1. The maximum atomic E-state index is 11.3. The van der Waals surface area contributed by atoms with E-state index in [4.69, 9.17) is 9.84 Å². The lowest BCUT2D eigenvalue weighted by atomic mass is 10.0. The molecule has 0 amide bonds. The molecule has 1 aromatic carbocycles. The van der Waals surface area contributed by atoms with E-state index in [-0.39, 0.29) is 17.6 Å². The molecule has 0 spiro atoms. The van der Waals surface area contributed by atoms with Crippen molar-refractivity contribution in [2.45, 2.75) is 19.8 Å². The zero-order valence-electron chi connectivity index (χ0n) is 8.36. The van der Waals surface area contributed by atoms with Gasteiger partial charge in [-0.25, -0.2) is 0 Å². The van der Waals surface area contributed by atoms with Gasteiger partial charge in [-0.05, 0) is 31.5 Å². The van der Waals surface area contributed by atoms with Gasteiger partial charge in [0.2, 0.25) is 0 Å². The Hall–Kier alpha value is -1.51. The molecular formula is C11H14O3. The van der Waals surface area contributed by atoms with Crippen LogP contribution < -0.4 is 0 Å². The Kier molecular flexibility index (Phi) is 3.51. The summed E-state index contributed by atoms with van der Waals surface area (Å²) in [6, 6.07) is 6.56. The van der Waals surface area contributed by atoms with Gasteiger partial charge in [-0.15, -0.1) is 0 Å². The van der Waals surface area contributed by atoms with Crippen molar-refractivity contribution in [3.05, 3.63) is 29.8 Å². The summed E-state index contributed by atoms with van der Waals surface area (Å²) in [5, 5.41) is 9.06. The molecule has 0 fully saturated rings. The SMILES string of the molecule is CCOC(=O)[C@@H](C)c1ccc(O)cc1. The quantitative estimate of drug-likeness (QED) is 0.749. The summed E-state index contributed by atoms with van der Waals surface area (Å²) in [7, 11) is 0. The lowest BCUT2D eigenvalue weighted by molar-refractivity contribution is -0.144. The van der Waals surface area contributed by atoms with Crippen LogP contribution in [0.2, 0.25) is 0 Å². The number of aromatic hydroxyl groups is 1. The fourth-order valence-electron chi connectivity index (χ4n) is 1.17. The second-order valence-electron chi connectivity index (χ2n) is 3.07. The number of phenols is 1. The summed E-state index contributed by atoms with van der Waals surface area (Å²) < 4.78 is 4.89. The third-order valence-electron chi connectivity index (χ3n) is 2.03. The van der Waals surface area contributed by atoms with Crippen molar-refractivity contribution in [1.82, 2.24) is 0 Å². The number of phenolic OH excluding ortho intramolecular Hbond substituents is 1. The van der Waals surface area contributed by atoms with Crippen LogP contribution in [0, 0.1) is 0 Å². The Morgan fingerprint density at radius 1 is 1.43 bits per heavy atom. The number of carbonyl (C=O) groups excluding carboxylic acids is 1. The Morgan fingerprint density at radius 2 is 2.00 bits per heavy atom. The highest BCUT2D eigenvalue weighted by Crippen LogP contribution is 2.19. The van der Waals surface area contributed by atoms with Gasteiger partial charge in [0.25, 0.3) is 0 Å². The fraction of sp³-hybridized carbons (Fsp3) is 0.364. The summed E-state index contributed by atoms with van der Waals surface area (Å²) in [4.78, 5) is 11.3. The van der Waals surface area contributed by atoms with Crippen LogP contribution >= 0.6 is 0 Å².